The Labute approximate surface area is 123 Å². The molecule has 0 amide bonds. The molecule has 0 heterocycles. The number of nitroso groups, excluding NO2 is 1. The molecule has 2 rings (SSSR count). The molecule has 0 fully saturated rings. The van der Waals surface area contributed by atoms with Gasteiger partial charge in [-0.1, -0.05) is 30.0 Å². The molecule has 21 heavy (non-hydrogen) atoms. The lowest BCUT2D eigenvalue weighted by Crippen LogP contribution is -1.98. The smallest absolute Gasteiger partial charge is 0.172 e. The Morgan fingerprint density at radius 1 is 0.952 bits per heavy atom. The quantitative estimate of drug-likeness (QED) is 0.367. The number of hydrogen-bond donors (Lipinski definition) is 1. The summed E-state index contributed by atoms with van der Waals surface area (Å²) in [4.78, 5) is 14.0. The zero-order valence-corrected chi connectivity index (χ0v) is 11.5. The molecule has 4 heteroatoms. The predicted octanol–water partition coefficient (Wildman–Crippen LogP) is 3.60. The first-order chi connectivity index (χ1) is 10.2. The molecule has 0 spiro atoms. The van der Waals surface area contributed by atoms with Crippen molar-refractivity contribution in [2.75, 3.05) is 0 Å². The highest BCUT2D eigenvalue weighted by Gasteiger charge is 2.00. The van der Waals surface area contributed by atoms with Gasteiger partial charge in [0.1, 0.15) is 0 Å². The number of rotatable bonds is 1. The third-order valence-corrected chi connectivity index (χ3v) is 2.69. The van der Waals surface area contributed by atoms with E-state index in [2.05, 4.69) is 22.0 Å². The summed E-state index contributed by atoms with van der Waals surface area (Å²) < 4.78 is 0. The molecule has 0 saturated heterocycles. The van der Waals surface area contributed by atoms with Crippen molar-refractivity contribution < 1.29 is 0 Å². The second-order valence-electron chi connectivity index (χ2n) is 4.29. The van der Waals surface area contributed by atoms with E-state index in [1.807, 2.05) is 42.5 Å². The van der Waals surface area contributed by atoms with E-state index >= 15 is 0 Å². The Morgan fingerprint density at radius 3 is 2.10 bits per heavy atom. The summed E-state index contributed by atoms with van der Waals surface area (Å²) in [5, 5.41) is 10.4. The number of hydrogen-bond acceptors (Lipinski definition) is 2. The van der Waals surface area contributed by atoms with E-state index in [-0.39, 0.29) is 11.7 Å². The average Bonchev–Trinajstić information content (AvgIpc) is 2.54. The topological polar surface area (TPSA) is 65.6 Å². The summed E-state index contributed by atoms with van der Waals surface area (Å²) in [5.41, 5.74) is 2.42. The Balaban J connectivity index is 2.15. The van der Waals surface area contributed by atoms with Crippen molar-refractivity contribution >= 4 is 11.7 Å². The maximum Gasteiger partial charge on any atom is 0.172 e. The van der Waals surface area contributed by atoms with Gasteiger partial charge in [-0.2, -0.15) is 0 Å². The van der Waals surface area contributed by atoms with Crippen molar-refractivity contribution in [3.05, 3.63) is 76.2 Å². The first-order valence-electron chi connectivity index (χ1n) is 6.34. The summed E-state index contributed by atoms with van der Waals surface area (Å²) in [6.45, 7) is 1.46. The van der Waals surface area contributed by atoms with Crippen molar-refractivity contribution in [3.8, 4) is 11.8 Å². The third kappa shape index (κ3) is 4.22. The van der Waals surface area contributed by atoms with Crippen LogP contribution < -0.4 is 0 Å². The van der Waals surface area contributed by atoms with Gasteiger partial charge in [-0.05, 0) is 48.5 Å². The van der Waals surface area contributed by atoms with Crippen LogP contribution >= 0.6 is 0 Å². The zero-order chi connectivity index (χ0) is 15.1. The third-order valence-electron chi connectivity index (χ3n) is 2.69. The van der Waals surface area contributed by atoms with Crippen LogP contribution in [0.3, 0.4) is 0 Å². The van der Waals surface area contributed by atoms with Crippen molar-refractivity contribution in [2.24, 2.45) is 10.2 Å². The molecule has 1 N–H and O–H groups in total. The molecular weight excluding hydrogens is 262 g/mol. The largest absolute Gasteiger partial charge is 0.282 e. The molecule has 2 aromatic carbocycles. The van der Waals surface area contributed by atoms with E-state index < -0.39 is 0 Å². The number of aliphatic imine (C=N–C) groups is 1. The molecule has 0 radical (unpaired) electrons. The minimum atomic E-state index is 0.00895. The van der Waals surface area contributed by atoms with Gasteiger partial charge in [0.15, 0.2) is 11.7 Å². The SMILES string of the molecule is CC(N=O)=NC(=N)c1ccc(C#Cc2ccccc2)cc1. The van der Waals surface area contributed by atoms with Crippen molar-refractivity contribution in [1.29, 1.82) is 5.41 Å². The summed E-state index contributed by atoms with van der Waals surface area (Å²) >= 11 is 0. The zero-order valence-electron chi connectivity index (χ0n) is 11.5. The Bertz CT molecular complexity index is 735. The van der Waals surface area contributed by atoms with Gasteiger partial charge in [0, 0.05) is 16.7 Å². The predicted molar refractivity (Wildman–Crippen MR) is 84.6 cm³/mol. The summed E-state index contributed by atoms with van der Waals surface area (Å²) in [6.07, 6.45) is 0. The summed E-state index contributed by atoms with van der Waals surface area (Å²) in [5.74, 6) is 6.16. The number of amidine groups is 2. The van der Waals surface area contributed by atoms with E-state index in [0.29, 0.717) is 5.56 Å². The molecule has 0 aliphatic heterocycles. The van der Waals surface area contributed by atoms with Gasteiger partial charge in [-0.3, -0.25) is 5.41 Å². The summed E-state index contributed by atoms with van der Waals surface area (Å²) in [7, 11) is 0. The first kappa shape index (κ1) is 14.4. The van der Waals surface area contributed by atoms with Gasteiger partial charge in [0.25, 0.3) is 0 Å². The maximum atomic E-state index is 10.2. The maximum absolute atomic E-state index is 10.2. The van der Waals surface area contributed by atoms with Crippen LogP contribution in [0.5, 0.6) is 0 Å². The van der Waals surface area contributed by atoms with Crippen LogP contribution in [0, 0.1) is 22.2 Å². The van der Waals surface area contributed by atoms with Crippen molar-refractivity contribution in [1.82, 2.24) is 0 Å². The van der Waals surface area contributed by atoms with Crippen LogP contribution in [0.2, 0.25) is 0 Å². The van der Waals surface area contributed by atoms with E-state index in [1.165, 1.54) is 6.92 Å². The highest BCUT2D eigenvalue weighted by molar-refractivity contribution is 6.04. The molecule has 0 atom stereocenters. The molecule has 0 unspecified atom stereocenters. The molecule has 2 aromatic rings. The lowest BCUT2D eigenvalue weighted by Gasteiger charge is -1.98. The molecular formula is C17H13N3O. The van der Waals surface area contributed by atoms with Gasteiger partial charge in [-0.25, -0.2) is 4.99 Å². The molecule has 4 nitrogen and oxygen atoms in total. The normalized spacial score (nSPS) is 10.4. The minimum Gasteiger partial charge on any atom is -0.282 e. The Kier molecular flexibility index (Phi) is 4.73. The van der Waals surface area contributed by atoms with Crippen molar-refractivity contribution in [2.45, 2.75) is 6.92 Å². The highest BCUT2D eigenvalue weighted by atomic mass is 16.3. The monoisotopic (exact) mass is 275 g/mol. The number of nitrogens with zero attached hydrogens (tertiary/aromatic N) is 2. The van der Waals surface area contributed by atoms with Gasteiger partial charge < -0.3 is 0 Å². The van der Waals surface area contributed by atoms with Crippen LogP contribution in [-0.4, -0.2) is 11.7 Å². The Hall–Kier alpha value is -3.06. The second-order valence-corrected chi connectivity index (χ2v) is 4.29. The molecule has 0 aliphatic carbocycles. The van der Waals surface area contributed by atoms with Gasteiger partial charge >= 0.3 is 0 Å². The van der Waals surface area contributed by atoms with Gasteiger partial charge in [0.2, 0.25) is 0 Å². The summed E-state index contributed by atoms with van der Waals surface area (Å²) in [6, 6.07) is 16.9. The second kappa shape index (κ2) is 6.92. The molecule has 0 saturated carbocycles. The Morgan fingerprint density at radius 2 is 1.52 bits per heavy atom. The number of nitrogens with one attached hydrogen (secondary N) is 1. The number of benzene rings is 2. The standard InChI is InChI=1S/C17H13N3O/c1-13(20-21)19-17(18)16-11-9-15(10-12-16)8-7-14-5-3-2-4-6-14/h2-6,9-12,18H,1H3. The fraction of sp³-hybridized carbons (Fsp3) is 0.0588. The van der Waals surface area contributed by atoms with Crippen molar-refractivity contribution in [3.63, 3.8) is 0 Å². The first-order valence-corrected chi connectivity index (χ1v) is 6.34. The van der Waals surface area contributed by atoms with Crippen LogP contribution in [0.4, 0.5) is 0 Å². The molecule has 102 valence electrons. The molecule has 0 bridgehead atoms. The lowest BCUT2D eigenvalue weighted by molar-refractivity contribution is 1.39. The van der Waals surface area contributed by atoms with Gasteiger partial charge in [-0.15, -0.1) is 4.91 Å². The minimum absolute atomic E-state index is 0.00895. The fourth-order valence-electron chi connectivity index (χ4n) is 1.62. The van der Waals surface area contributed by atoms with E-state index in [1.54, 1.807) is 12.1 Å². The van der Waals surface area contributed by atoms with Crippen LogP contribution in [-0.2, 0) is 0 Å². The van der Waals surface area contributed by atoms with Gasteiger partial charge in [0.05, 0.1) is 0 Å². The van der Waals surface area contributed by atoms with E-state index in [4.69, 9.17) is 5.41 Å². The fourth-order valence-corrected chi connectivity index (χ4v) is 1.62. The average molecular weight is 275 g/mol. The van der Waals surface area contributed by atoms with Crippen LogP contribution in [0.15, 0.2) is 64.8 Å². The van der Waals surface area contributed by atoms with Crippen LogP contribution in [0.25, 0.3) is 0 Å². The van der Waals surface area contributed by atoms with Crippen LogP contribution in [0.1, 0.15) is 23.6 Å². The molecule has 0 aliphatic rings. The van der Waals surface area contributed by atoms with E-state index in [0.717, 1.165) is 11.1 Å². The molecule has 0 aromatic heterocycles. The highest BCUT2D eigenvalue weighted by Crippen LogP contribution is 2.06. The van der Waals surface area contributed by atoms with E-state index in [9.17, 15) is 4.91 Å². The lowest BCUT2D eigenvalue weighted by atomic mass is 10.1.